The van der Waals surface area contributed by atoms with Crippen molar-refractivity contribution in [2.24, 2.45) is 5.92 Å². The highest BCUT2D eigenvalue weighted by Gasteiger charge is 2.14. The third-order valence-corrected chi connectivity index (χ3v) is 3.58. The molecular weight excluding hydrogens is 270 g/mol. The van der Waals surface area contributed by atoms with Crippen LogP contribution in [0.3, 0.4) is 0 Å². The number of fused-ring (bicyclic) bond motifs is 1. The van der Waals surface area contributed by atoms with Crippen molar-refractivity contribution in [3.63, 3.8) is 0 Å². The lowest BCUT2D eigenvalue weighted by Crippen LogP contribution is -2.43. The molecule has 2 rings (SSSR count). The van der Waals surface area contributed by atoms with Gasteiger partial charge in [-0.05, 0) is 25.0 Å². The van der Waals surface area contributed by atoms with Gasteiger partial charge >= 0.3 is 5.69 Å². The van der Waals surface area contributed by atoms with E-state index in [0.29, 0.717) is 10.9 Å². The van der Waals surface area contributed by atoms with Crippen LogP contribution in [0, 0.1) is 5.92 Å². The lowest BCUT2D eigenvalue weighted by Gasteiger charge is -2.17. The van der Waals surface area contributed by atoms with Gasteiger partial charge in [-0.15, -0.1) is 0 Å². The topological polar surface area (TPSA) is 84.0 Å². The zero-order valence-corrected chi connectivity index (χ0v) is 12.3. The molecule has 6 heteroatoms. The van der Waals surface area contributed by atoms with Crippen LogP contribution in [0.15, 0.2) is 33.9 Å². The molecule has 0 aliphatic rings. The third-order valence-electron chi connectivity index (χ3n) is 3.58. The predicted octanol–water partition coefficient (Wildman–Crippen LogP) is 0.850. The summed E-state index contributed by atoms with van der Waals surface area (Å²) in [4.78, 5) is 38.8. The first-order chi connectivity index (χ1) is 9.90. The average molecular weight is 289 g/mol. The number of para-hydroxylation sites is 1. The van der Waals surface area contributed by atoms with Gasteiger partial charge in [0.25, 0.3) is 5.56 Å². The van der Waals surface area contributed by atoms with Crippen molar-refractivity contribution in [1.82, 2.24) is 14.9 Å². The maximum absolute atomic E-state index is 12.3. The molecule has 0 aliphatic carbocycles. The van der Waals surface area contributed by atoms with Crippen molar-refractivity contribution < 1.29 is 4.79 Å². The number of nitrogens with zero attached hydrogens (tertiary/aromatic N) is 1. The Morgan fingerprint density at radius 1 is 1.24 bits per heavy atom. The standard InChI is InChI=1S/C15H19N3O3/c1-9(2)10(3)16-13(19)8-18-14(20)11-6-4-5-7-12(11)17-15(18)21/h4-7,9-10H,8H2,1-3H3,(H,16,19)(H,17,21)/t10-/m0/s1. The second kappa shape index (κ2) is 5.95. The number of hydrogen-bond donors (Lipinski definition) is 2. The molecule has 0 saturated heterocycles. The summed E-state index contributed by atoms with van der Waals surface area (Å²) >= 11 is 0. The number of carbonyl (C=O) groups is 1. The highest BCUT2D eigenvalue weighted by Crippen LogP contribution is 2.03. The van der Waals surface area contributed by atoms with Gasteiger partial charge in [0.15, 0.2) is 0 Å². The molecule has 0 unspecified atom stereocenters. The summed E-state index contributed by atoms with van der Waals surface area (Å²) in [5, 5.41) is 3.17. The molecule has 0 radical (unpaired) electrons. The van der Waals surface area contributed by atoms with Gasteiger partial charge in [0.1, 0.15) is 6.54 Å². The molecule has 6 nitrogen and oxygen atoms in total. The van der Waals surface area contributed by atoms with E-state index in [2.05, 4.69) is 10.3 Å². The molecule has 112 valence electrons. The summed E-state index contributed by atoms with van der Waals surface area (Å²) in [6.45, 7) is 5.58. The molecular formula is C15H19N3O3. The van der Waals surface area contributed by atoms with Gasteiger partial charge in [0.05, 0.1) is 10.9 Å². The van der Waals surface area contributed by atoms with E-state index in [4.69, 9.17) is 0 Å². The number of nitrogens with one attached hydrogen (secondary N) is 2. The summed E-state index contributed by atoms with van der Waals surface area (Å²) in [6.07, 6.45) is 0. The Kier molecular flexibility index (Phi) is 4.26. The van der Waals surface area contributed by atoms with Gasteiger partial charge in [-0.3, -0.25) is 14.2 Å². The second-order valence-corrected chi connectivity index (χ2v) is 5.47. The average Bonchev–Trinajstić information content (AvgIpc) is 2.43. The summed E-state index contributed by atoms with van der Waals surface area (Å²) in [5.74, 6) is -0.0698. The maximum Gasteiger partial charge on any atom is 0.329 e. The molecule has 21 heavy (non-hydrogen) atoms. The Morgan fingerprint density at radius 3 is 2.57 bits per heavy atom. The molecule has 0 spiro atoms. The Balaban J connectivity index is 2.33. The Labute approximate surface area is 121 Å². The fourth-order valence-corrected chi connectivity index (χ4v) is 1.95. The van der Waals surface area contributed by atoms with Crippen LogP contribution < -0.4 is 16.6 Å². The SMILES string of the molecule is CC(C)[C@H](C)NC(=O)Cn1c(=O)[nH]c2ccccc2c1=O. The van der Waals surface area contributed by atoms with Gasteiger partial charge in [-0.25, -0.2) is 4.79 Å². The summed E-state index contributed by atoms with van der Waals surface area (Å²) in [5.41, 5.74) is -0.563. The van der Waals surface area contributed by atoms with E-state index in [9.17, 15) is 14.4 Å². The zero-order valence-electron chi connectivity index (χ0n) is 12.3. The number of rotatable bonds is 4. The van der Waals surface area contributed by atoms with Crippen molar-refractivity contribution >= 4 is 16.8 Å². The number of hydrogen-bond acceptors (Lipinski definition) is 3. The van der Waals surface area contributed by atoms with E-state index in [1.54, 1.807) is 24.3 Å². The van der Waals surface area contributed by atoms with Crippen LogP contribution in [-0.4, -0.2) is 21.5 Å². The lowest BCUT2D eigenvalue weighted by molar-refractivity contribution is -0.122. The highest BCUT2D eigenvalue weighted by molar-refractivity contribution is 5.78. The van der Waals surface area contributed by atoms with E-state index < -0.39 is 11.2 Å². The number of benzene rings is 1. The van der Waals surface area contributed by atoms with Gasteiger partial charge < -0.3 is 10.3 Å². The van der Waals surface area contributed by atoms with Gasteiger partial charge in [-0.1, -0.05) is 26.0 Å². The zero-order chi connectivity index (χ0) is 15.6. The largest absolute Gasteiger partial charge is 0.352 e. The third kappa shape index (κ3) is 3.21. The van der Waals surface area contributed by atoms with Crippen molar-refractivity contribution in [2.45, 2.75) is 33.4 Å². The normalized spacial score (nSPS) is 12.6. The highest BCUT2D eigenvalue weighted by atomic mass is 16.2. The minimum atomic E-state index is -0.578. The van der Waals surface area contributed by atoms with E-state index >= 15 is 0 Å². The minimum absolute atomic E-state index is 0.0206. The molecule has 1 amide bonds. The number of amides is 1. The monoisotopic (exact) mass is 289 g/mol. The number of carbonyl (C=O) groups excluding carboxylic acids is 1. The quantitative estimate of drug-likeness (QED) is 0.875. The van der Waals surface area contributed by atoms with Crippen LogP contribution in [0.5, 0.6) is 0 Å². The molecule has 1 aromatic heterocycles. The van der Waals surface area contributed by atoms with Crippen molar-refractivity contribution in [1.29, 1.82) is 0 Å². The Bertz CT molecular complexity index is 774. The second-order valence-electron chi connectivity index (χ2n) is 5.47. The summed E-state index contributed by atoms with van der Waals surface area (Å²) in [7, 11) is 0. The lowest BCUT2D eigenvalue weighted by atomic mass is 10.1. The first-order valence-corrected chi connectivity index (χ1v) is 6.91. The van der Waals surface area contributed by atoms with E-state index in [1.165, 1.54) is 0 Å². The first kappa shape index (κ1) is 15.0. The molecule has 0 fully saturated rings. The fraction of sp³-hybridized carbons (Fsp3) is 0.400. The molecule has 1 heterocycles. The van der Waals surface area contributed by atoms with Crippen molar-refractivity contribution in [2.75, 3.05) is 0 Å². The van der Waals surface area contributed by atoms with Crippen molar-refractivity contribution in [3.05, 3.63) is 45.1 Å². The van der Waals surface area contributed by atoms with Gasteiger partial charge in [-0.2, -0.15) is 0 Å². The molecule has 0 aliphatic heterocycles. The van der Waals surface area contributed by atoms with Crippen molar-refractivity contribution in [3.8, 4) is 0 Å². The summed E-state index contributed by atoms with van der Waals surface area (Å²) in [6, 6.07) is 6.71. The fourth-order valence-electron chi connectivity index (χ4n) is 1.95. The number of aromatic amines is 1. The molecule has 2 N–H and O–H groups in total. The van der Waals surface area contributed by atoms with Crippen LogP contribution in [0.2, 0.25) is 0 Å². The van der Waals surface area contributed by atoms with E-state index in [-0.39, 0.29) is 24.4 Å². The molecule has 0 saturated carbocycles. The summed E-state index contributed by atoms with van der Waals surface area (Å²) < 4.78 is 0.921. The van der Waals surface area contributed by atoms with Gasteiger partial charge in [0.2, 0.25) is 5.91 Å². The predicted molar refractivity (Wildman–Crippen MR) is 81.3 cm³/mol. The van der Waals surface area contributed by atoms with Gasteiger partial charge in [0, 0.05) is 6.04 Å². The van der Waals surface area contributed by atoms with Crippen LogP contribution in [0.4, 0.5) is 0 Å². The Hall–Kier alpha value is -2.37. The molecule has 1 aromatic carbocycles. The number of H-pyrrole nitrogens is 1. The smallest absolute Gasteiger partial charge is 0.329 e. The molecule has 1 atom stereocenters. The first-order valence-electron chi connectivity index (χ1n) is 6.91. The molecule has 2 aromatic rings. The molecule has 0 bridgehead atoms. The van der Waals surface area contributed by atoms with Crippen LogP contribution in [0.1, 0.15) is 20.8 Å². The minimum Gasteiger partial charge on any atom is -0.352 e. The van der Waals surface area contributed by atoms with Crippen LogP contribution >= 0.6 is 0 Å². The van der Waals surface area contributed by atoms with E-state index in [1.807, 2.05) is 20.8 Å². The maximum atomic E-state index is 12.3. The van der Waals surface area contributed by atoms with Crippen LogP contribution in [0.25, 0.3) is 10.9 Å². The number of aromatic nitrogens is 2. The van der Waals surface area contributed by atoms with Crippen LogP contribution in [-0.2, 0) is 11.3 Å². The van der Waals surface area contributed by atoms with E-state index in [0.717, 1.165) is 4.57 Å². The Morgan fingerprint density at radius 2 is 1.90 bits per heavy atom.